The first-order valence-electron chi connectivity index (χ1n) is 4.59. The highest BCUT2D eigenvalue weighted by atomic mass is 15.2. The van der Waals surface area contributed by atoms with Gasteiger partial charge in [0.05, 0.1) is 17.9 Å². The van der Waals surface area contributed by atoms with Gasteiger partial charge in [-0.2, -0.15) is 5.10 Å². The smallest absolute Gasteiger partial charge is 0.146 e. The number of aromatic amines is 1. The summed E-state index contributed by atoms with van der Waals surface area (Å²) in [5.74, 6) is 1.53. The van der Waals surface area contributed by atoms with E-state index >= 15 is 0 Å². The fourth-order valence-corrected chi connectivity index (χ4v) is 1.20. The van der Waals surface area contributed by atoms with Crippen molar-refractivity contribution in [2.45, 2.75) is 13.0 Å². The first-order chi connectivity index (χ1) is 7.25. The molecule has 2 heterocycles. The molecule has 0 saturated carbocycles. The molecule has 1 atom stereocenters. The number of nitrogens with one attached hydrogen (secondary N) is 2. The van der Waals surface area contributed by atoms with Gasteiger partial charge in [0.2, 0.25) is 0 Å². The number of H-pyrrole nitrogens is 1. The summed E-state index contributed by atoms with van der Waals surface area (Å²) >= 11 is 0. The SMILES string of the molecule is CC(Nc1ccc(N)cn1)c1ncn[nH]1. The molecule has 0 spiro atoms. The van der Waals surface area contributed by atoms with Crippen LogP contribution in [-0.4, -0.2) is 20.2 Å². The first kappa shape index (κ1) is 9.45. The van der Waals surface area contributed by atoms with Crippen LogP contribution in [0.4, 0.5) is 11.5 Å². The Hall–Kier alpha value is -2.11. The predicted molar refractivity (Wildman–Crippen MR) is 57.1 cm³/mol. The Kier molecular flexibility index (Phi) is 2.49. The van der Waals surface area contributed by atoms with Crippen LogP contribution < -0.4 is 11.1 Å². The maximum absolute atomic E-state index is 5.53. The van der Waals surface area contributed by atoms with Gasteiger partial charge in [0, 0.05) is 0 Å². The van der Waals surface area contributed by atoms with E-state index in [9.17, 15) is 0 Å². The molecule has 0 saturated heterocycles. The molecule has 6 heteroatoms. The van der Waals surface area contributed by atoms with Gasteiger partial charge in [-0.3, -0.25) is 5.10 Å². The third kappa shape index (κ3) is 2.22. The molecular weight excluding hydrogens is 192 g/mol. The van der Waals surface area contributed by atoms with Crippen molar-refractivity contribution in [1.82, 2.24) is 20.2 Å². The number of anilines is 2. The second-order valence-electron chi connectivity index (χ2n) is 3.21. The van der Waals surface area contributed by atoms with Crippen molar-refractivity contribution in [1.29, 1.82) is 0 Å². The fraction of sp³-hybridized carbons (Fsp3) is 0.222. The minimum atomic E-state index is 0.0311. The summed E-state index contributed by atoms with van der Waals surface area (Å²) < 4.78 is 0. The molecule has 0 aliphatic rings. The second-order valence-corrected chi connectivity index (χ2v) is 3.21. The van der Waals surface area contributed by atoms with Gasteiger partial charge >= 0.3 is 0 Å². The van der Waals surface area contributed by atoms with Crippen molar-refractivity contribution in [2.75, 3.05) is 11.1 Å². The van der Waals surface area contributed by atoms with Crippen LogP contribution in [-0.2, 0) is 0 Å². The van der Waals surface area contributed by atoms with Crippen molar-refractivity contribution in [3.05, 3.63) is 30.5 Å². The molecule has 1 unspecified atom stereocenters. The molecule has 6 nitrogen and oxygen atoms in total. The maximum atomic E-state index is 5.53. The molecule has 78 valence electrons. The number of hydrogen-bond acceptors (Lipinski definition) is 5. The minimum Gasteiger partial charge on any atom is -0.397 e. The van der Waals surface area contributed by atoms with Crippen molar-refractivity contribution >= 4 is 11.5 Å². The molecule has 2 aromatic rings. The van der Waals surface area contributed by atoms with E-state index < -0.39 is 0 Å². The minimum absolute atomic E-state index is 0.0311. The summed E-state index contributed by atoms with van der Waals surface area (Å²) in [6.07, 6.45) is 3.08. The van der Waals surface area contributed by atoms with E-state index in [0.29, 0.717) is 5.69 Å². The van der Waals surface area contributed by atoms with Gasteiger partial charge in [-0.15, -0.1) is 0 Å². The van der Waals surface area contributed by atoms with Crippen LogP contribution in [0, 0.1) is 0 Å². The van der Waals surface area contributed by atoms with Crippen LogP contribution in [0.25, 0.3) is 0 Å². The molecule has 0 amide bonds. The predicted octanol–water partition coefficient (Wildman–Crippen LogP) is 0.955. The lowest BCUT2D eigenvalue weighted by atomic mass is 10.3. The largest absolute Gasteiger partial charge is 0.397 e. The van der Waals surface area contributed by atoms with Crippen LogP contribution in [0.15, 0.2) is 24.7 Å². The monoisotopic (exact) mass is 204 g/mol. The van der Waals surface area contributed by atoms with Gasteiger partial charge in [-0.1, -0.05) is 0 Å². The Morgan fingerprint density at radius 2 is 2.27 bits per heavy atom. The number of nitrogens with zero attached hydrogens (tertiary/aromatic N) is 3. The lowest BCUT2D eigenvalue weighted by molar-refractivity contribution is 0.790. The highest BCUT2D eigenvalue weighted by Crippen LogP contribution is 2.13. The van der Waals surface area contributed by atoms with Crippen molar-refractivity contribution < 1.29 is 0 Å². The quantitative estimate of drug-likeness (QED) is 0.692. The molecule has 0 aliphatic heterocycles. The number of nitrogens with two attached hydrogens (primary N) is 1. The first-order valence-corrected chi connectivity index (χ1v) is 4.59. The number of hydrogen-bond donors (Lipinski definition) is 3. The summed E-state index contributed by atoms with van der Waals surface area (Å²) in [5.41, 5.74) is 6.18. The Bertz CT molecular complexity index is 407. The fourth-order valence-electron chi connectivity index (χ4n) is 1.20. The summed E-state index contributed by atoms with van der Waals surface area (Å²) in [5, 5.41) is 9.75. The standard InChI is InChI=1S/C9H12N6/c1-6(9-12-5-13-15-9)14-8-3-2-7(10)4-11-8/h2-6H,10H2,1H3,(H,11,14)(H,12,13,15). The Balaban J connectivity index is 2.06. The molecule has 0 bridgehead atoms. The molecule has 4 N–H and O–H groups in total. The van der Waals surface area contributed by atoms with Crippen LogP contribution >= 0.6 is 0 Å². The van der Waals surface area contributed by atoms with Crippen LogP contribution in [0.3, 0.4) is 0 Å². The van der Waals surface area contributed by atoms with Crippen LogP contribution in [0.2, 0.25) is 0 Å². The van der Waals surface area contributed by atoms with E-state index in [2.05, 4.69) is 25.5 Å². The van der Waals surface area contributed by atoms with Crippen molar-refractivity contribution in [2.24, 2.45) is 0 Å². The molecule has 0 radical (unpaired) electrons. The second kappa shape index (κ2) is 3.95. The highest BCUT2D eigenvalue weighted by Gasteiger charge is 2.07. The Labute approximate surface area is 86.9 Å². The van der Waals surface area contributed by atoms with Gasteiger partial charge in [0.1, 0.15) is 18.0 Å². The van der Waals surface area contributed by atoms with E-state index in [0.717, 1.165) is 11.6 Å². The zero-order valence-electron chi connectivity index (χ0n) is 8.31. The highest BCUT2D eigenvalue weighted by molar-refractivity contribution is 5.44. The summed E-state index contributed by atoms with van der Waals surface area (Å²) in [6.45, 7) is 1.97. The van der Waals surface area contributed by atoms with Crippen LogP contribution in [0.1, 0.15) is 18.8 Å². The molecule has 2 rings (SSSR count). The normalized spacial score (nSPS) is 12.3. The molecule has 15 heavy (non-hydrogen) atoms. The lowest BCUT2D eigenvalue weighted by Crippen LogP contribution is -2.09. The number of rotatable bonds is 3. The van der Waals surface area contributed by atoms with E-state index in [1.54, 1.807) is 12.3 Å². The van der Waals surface area contributed by atoms with E-state index in [4.69, 9.17) is 5.73 Å². The molecule has 0 aliphatic carbocycles. The zero-order chi connectivity index (χ0) is 10.7. The van der Waals surface area contributed by atoms with Crippen LogP contribution in [0.5, 0.6) is 0 Å². The van der Waals surface area contributed by atoms with E-state index in [1.165, 1.54) is 6.33 Å². The number of pyridine rings is 1. The summed E-state index contributed by atoms with van der Waals surface area (Å²) in [7, 11) is 0. The Morgan fingerprint density at radius 1 is 1.40 bits per heavy atom. The molecular formula is C9H12N6. The average molecular weight is 204 g/mol. The zero-order valence-corrected chi connectivity index (χ0v) is 8.31. The lowest BCUT2D eigenvalue weighted by Gasteiger charge is -2.11. The van der Waals surface area contributed by atoms with Crippen molar-refractivity contribution in [3.8, 4) is 0 Å². The van der Waals surface area contributed by atoms with Crippen molar-refractivity contribution in [3.63, 3.8) is 0 Å². The third-order valence-electron chi connectivity index (χ3n) is 1.99. The third-order valence-corrected chi connectivity index (χ3v) is 1.99. The van der Waals surface area contributed by atoms with Gasteiger partial charge in [0.15, 0.2) is 0 Å². The molecule has 0 fully saturated rings. The maximum Gasteiger partial charge on any atom is 0.146 e. The van der Waals surface area contributed by atoms with Gasteiger partial charge in [-0.25, -0.2) is 9.97 Å². The van der Waals surface area contributed by atoms with Gasteiger partial charge in [0.25, 0.3) is 0 Å². The van der Waals surface area contributed by atoms with E-state index in [-0.39, 0.29) is 6.04 Å². The molecule has 2 aromatic heterocycles. The molecule has 0 aromatic carbocycles. The summed E-state index contributed by atoms with van der Waals surface area (Å²) in [6, 6.07) is 3.65. The van der Waals surface area contributed by atoms with Gasteiger partial charge in [-0.05, 0) is 19.1 Å². The van der Waals surface area contributed by atoms with E-state index in [1.807, 2.05) is 13.0 Å². The average Bonchev–Trinajstić information content (AvgIpc) is 2.74. The summed E-state index contributed by atoms with van der Waals surface area (Å²) in [4.78, 5) is 8.18. The van der Waals surface area contributed by atoms with Gasteiger partial charge < -0.3 is 11.1 Å². The number of nitrogen functional groups attached to an aromatic ring is 1. The topological polar surface area (TPSA) is 92.5 Å². The Morgan fingerprint density at radius 3 is 2.87 bits per heavy atom. The number of aromatic nitrogens is 4.